The summed E-state index contributed by atoms with van der Waals surface area (Å²) in [5.41, 5.74) is 1.64. The SMILES string of the molecule is Cc1ccc(F)c(C(=O)N2CCC(C(O)c3ccccn3)CC2)c1. The van der Waals surface area contributed by atoms with Crippen molar-refractivity contribution in [3.8, 4) is 0 Å². The highest BCUT2D eigenvalue weighted by Gasteiger charge is 2.30. The van der Waals surface area contributed by atoms with Gasteiger partial charge in [0.15, 0.2) is 0 Å². The second-order valence-electron chi connectivity index (χ2n) is 6.31. The molecule has 2 heterocycles. The number of pyridine rings is 1. The number of amides is 1. The zero-order valence-corrected chi connectivity index (χ0v) is 13.7. The number of carbonyl (C=O) groups excluding carboxylic acids is 1. The van der Waals surface area contributed by atoms with E-state index in [0.29, 0.717) is 31.6 Å². The number of halogens is 1. The van der Waals surface area contributed by atoms with Crippen LogP contribution in [0.15, 0.2) is 42.6 Å². The smallest absolute Gasteiger partial charge is 0.256 e. The second-order valence-corrected chi connectivity index (χ2v) is 6.31. The second kappa shape index (κ2) is 7.09. The van der Waals surface area contributed by atoms with E-state index in [-0.39, 0.29) is 17.4 Å². The molecule has 0 bridgehead atoms. The molecular weight excluding hydrogens is 307 g/mol. The van der Waals surface area contributed by atoms with Crippen LogP contribution in [0.25, 0.3) is 0 Å². The van der Waals surface area contributed by atoms with Crippen LogP contribution in [-0.2, 0) is 0 Å². The van der Waals surface area contributed by atoms with Crippen molar-refractivity contribution in [2.75, 3.05) is 13.1 Å². The van der Waals surface area contributed by atoms with Gasteiger partial charge in [0.25, 0.3) is 5.91 Å². The summed E-state index contributed by atoms with van der Waals surface area (Å²) in [5, 5.41) is 10.4. The summed E-state index contributed by atoms with van der Waals surface area (Å²) < 4.78 is 13.9. The zero-order chi connectivity index (χ0) is 17.1. The van der Waals surface area contributed by atoms with Crippen LogP contribution in [0.5, 0.6) is 0 Å². The van der Waals surface area contributed by atoms with Gasteiger partial charge in [-0.15, -0.1) is 0 Å². The standard InChI is InChI=1S/C19H21FN2O2/c1-13-5-6-16(20)15(12-13)19(24)22-10-7-14(8-11-22)18(23)17-4-2-3-9-21-17/h2-6,9,12,14,18,23H,7-8,10-11H2,1H3. The van der Waals surface area contributed by atoms with Crippen molar-refractivity contribution < 1.29 is 14.3 Å². The molecule has 2 aromatic rings. The van der Waals surface area contributed by atoms with Crippen LogP contribution in [-0.4, -0.2) is 34.0 Å². The fourth-order valence-electron chi connectivity index (χ4n) is 3.18. The van der Waals surface area contributed by atoms with Crippen LogP contribution in [0.3, 0.4) is 0 Å². The molecule has 0 radical (unpaired) electrons. The third-order valence-electron chi connectivity index (χ3n) is 4.62. The number of hydrogen-bond donors (Lipinski definition) is 1. The molecule has 1 fully saturated rings. The largest absolute Gasteiger partial charge is 0.387 e. The summed E-state index contributed by atoms with van der Waals surface area (Å²) in [6.45, 7) is 2.87. The number of nitrogens with zero attached hydrogens (tertiary/aromatic N) is 2. The fraction of sp³-hybridized carbons (Fsp3) is 0.368. The Balaban J connectivity index is 1.64. The van der Waals surface area contributed by atoms with E-state index < -0.39 is 11.9 Å². The lowest BCUT2D eigenvalue weighted by atomic mass is 9.89. The van der Waals surface area contributed by atoms with Crippen molar-refractivity contribution in [2.24, 2.45) is 5.92 Å². The maximum Gasteiger partial charge on any atom is 0.256 e. The van der Waals surface area contributed by atoms with E-state index in [2.05, 4.69) is 4.98 Å². The third kappa shape index (κ3) is 3.46. The molecule has 0 spiro atoms. The molecule has 24 heavy (non-hydrogen) atoms. The van der Waals surface area contributed by atoms with Gasteiger partial charge in [-0.25, -0.2) is 4.39 Å². The van der Waals surface area contributed by atoms with Gasteiger partial charge in [-0.1, -0.05) is 17.7 Å². The van der Waals surface area contributed by atoms with E-state index in [1.807, 2.05) is 25.1 Å². The zero-order valence-electron chi connectivity index (χ0n) is 13.7. The Morgan fingerprint density at radius 1 is 1.29 bits per heavy atom. The molecule has 126 valence electrons. The van der Waals surface area contributed by atoms with E-state index in [1.165, 1.54) is 6.07 Å². The number of hydrogen-bond acceptors (Lipinski definition) is 3. The first-order valence-electron chi connectivity index (χ1n) is 8.20. The number of rotatable bonds is 3. The van der Waals surface area contributed by atoms with Crippen LogP contribution in [0.4, 0.5) is 4.39 Å². The first-order chi connectivity index (χ1) is 11.6. The van der Waals surface area contributed by atoms with E-state index >= 15 is 0 Å². The number of benzene rings is 1. The number of aryl methyl sites for hydroxylation is 1. The molecule has 1 aromatic heterocycles. The molecule has 1 atom stereocenters. The van der Waals surface area contributed by atoms with Gasteiger partial charge < -0.3 is 10.0 Å². The molecular formula is C19H21FN2O2. The number of aromatic nitrogens is 1. The highest BCUT2D eigenvalue weighted by molar-refractivity contribution is 5.94. The molecule has 1 unspecified atom stereocenters. The number of aliphatic hydroxyl groups is 1. The van der Waals surface area contributed by atoms with E-state index in [4.69, 9.17) is 0 Å². The Hall–Kier alpha value is -2.27. The number of carbonyl (C=O) groups is 1. The Morgan fingerprint density at radius 2 is 2.04 bits per heavy atom. The molecule has 0 aliphatic carbocycles. The number of likely N-dealkylation sites (tertiary alicyclic amines) is 1. The predicted molar refractivity (Wildman–Crippen MR) is 89.0 cm³/mol. The molecule has 4 nitrogen and oxygen atoms in total. The van der Waals surface area contributed by atoms with Crippen molar-refractivity contribution in [2.45, 2.75) is 25.9 Å². The minimum Gasteiger partial charge on any atom is -0.387 e. The predicted octanol–water partition coefficient (Wildman–Crippen LogP) is 3.11. The van der Waals surface area contributed by atoms with E-state index in [9.17, 15) is 14.3 Å². The maximum absolute atomic E-state index is 13.9. The summed E-state index contributed by atoms with van der Waals surface area (Å²) in [6, 6.07) is 10.1. The van der Waals surface area contributed by atoms with Crippen LogP contribution >= 0.6 is 0 Å². The Bertz CT molecular complexity index is 713. The van der Waals surface area contributed by atoms with Crippen molar-refractivity contribution >= 4 is 5.91 Å². The third-order valence-corrected chi connectivity index (χ3v) is 4.62. The monoisotopic (exact) mass is 328 g/mol. The molecule has 1 aliphatic heterocycles. The van der Waals surface area contributed by atoms with E-state index in [1.54, 1.807) is 23.2 Å². The molecule has 1 N–H and O–H groups in total. The lowest BCUT2D eigenvalue weighted by Gasteiger charge is -2.34. The van der Waals surface area contributed by atoms with Gasteiger partial charge in [-0.05, 0) is 49.9 Å². The molecule has 5 heteroatoms. The lowest BCUT2D eigenvalue weighted by Crippen LogP contribution is -2.40. The summed E-state index contributed by atoms with van der Waals surface area (Å²) in [4.78, 5) is 18.4. The highest BCUT2D eigenvalue weighted by Crippen LogP contribution is 2.30. The average Bonchev–Trinajstić information content (AvgIpc) is 2.63. The highest BCUT2D eigenvalue weighted by atomic mass is 19.1. The van der Waals surface area contributed by atoms with Crippen LogP contribution in [0, 0.1) is 18.7 Å². The van der Waals surface area contributed by atoms with Gasteiger partial charge >= 0.3 is 0 Å². The molecule has 1 aliphatic rings. The first kappa shape index (κ1) is 16.6. The van der Waals surface area contributed by atoms with Gasteiger partial charge in [-0.3, -0.25) is 9.78 Å². The minimum absolute atomic E-state index is 0.0614. The topological polar surface area (TPSA) is 53.4 Å². The summed E-state index contributed by atoms with van der Waals surface area (Å²) >= 11 is 0. The Labute approximate surface area is 141 Å². The summed E-state index contributed by atoms with van der Waals surface area (Å²) in [5.74, 6) is -0.700. The van der Waals surface area contributed by atoms with Crippen molar-refractivity contribution in [3.63, 3.8) is 0 Å². The molecule has 0 saturated carbocycles. The Morgan fingerprint density at radius 3 is 2.71 bits per heavy atom. The summed E-state index contributed by atoms with van der Waals surface area (Å²) in [6.07, 6.45) is 2.39. The van der Waals surface area contributed by atoms with Gasteiger partial charge in [-0.2, -0.15) is 0 Å². The first-order valence-corrected chi connectivity index (χ1v) is 8.20. The van der Waals surface area contributed by atoms with Crippen molar-refractivity contribution in [1.29, 1.82) is 0 Å². The van der Waals surface area contributed by atoms with Crippen molar-refractivity contribution in [1.82, 2.24) is 9.88 Å². The minimum atomic E-state index is -0.626. The lowest BCUT2D eigenvalue weighted by molar-refractivity contribution is 0.0444. The van der Waals surface area contributed by atoms with Crippen LogP contribution < -0.4 is 0 Å². The number of piperidine rings is 1. The molecule has 1 saturated heterocycles. The van der Waals surface area contributed by atoms with Crippen LogP contribution in [0.2, 0.25) is 0 Å². The van der Waals surface area contributed by atoms with E-state index in [0.717, 1.165) is 5.56 Å². The van der Waals surface area contributed by atoms with Gasteiger partial charge in [0.05, 0.1) is 17.4 Å². The Kier molecular flexibility index (Phi) is 4.90. The molecule has 3 rings (SSSR count). The quantitative estimate of drug-likeness (QED) is 0.942. The fourth-order valence-corrected chi connectivity index (χ4v) is 3.18. The summed E-state index contributed by atoms with van der Waals surface area (Å²) in [7, 11) is 0. The van der Waals surface area contributed by atoms with Crippen LogP contribution in [0.1, 0.15) is 40.6 Å². The molecule has 1 amide bonds. The number of aliphatic hydroxyl groups excluding tert-OH is 1. The maximum atomic E-state index is 13.9. The average molecular weight is 328 g/mol. The van der Waals surface area contributed by atoms with Gasteiger partial charge in [0.2, 0.25) is 0 Å². The normalized spacial score (nSPS) is 16.9. The molecule has 1 aromatic carbocycles. The van der Waals surface area contributed by atoms with Crippen molar-refractivity contribution in [3.05, 3.63) is 65.2 Å². The van der Waals surface area contributed by atoms with Gasteiger partial charge in [0.1, 0.15) is 5.82 Å². The van der Waals surface area contributed by atoms with Gasteiger partial charge in [0, 0.05) is 19.3 Å².